The van der Waals surface area contributed by atoms with E-state index in [4.69, 9.17) is 4.74 Å². The molecule has 11 unspecified atom stereocenters. The largest absolute Gasteiger partial charge is 0.446 e. The fourth-order valence-electron chi connectivity index (χ4n) is 7.43. The highest BCUT2D eigenvalue weighted by Gasteiger charge is 2.72. The molecular formula is C17H21NO2. The zero-order valence-electron chi connectivity index (χ0n) is 12.0. The van der Waals surface area contributed by atoms with Crippen LogP contribution in [0, 0.1) is 70.5 Å². The predicted octanol–water partition coefficient (Wildman–Crippen LogP) is 2.47. The number of cyclic esters (lactones) is 1. The predicted molar refractivity (Wildman–Crippen MR) is 71.0 cm³/mol. The van der Waals surface area contributed by atoms with Gasteiger partial charge in [-0.05, 0) is 60.2 Å². The van der Waals surface area contributed by atoms with E-state index >= 15 is 0 Å². The van der Waals surface area contributed by atoms with Crippen LogP contribution >= 0.6 is 0 Å². The van der Waals surface area contributed by atoms with Crippen molar-refractivity contribution in [3.8, 4) is 6.07 Å². The molecular weight excluding hydrogens is 250 g/mol. The van der Waals surface area contributed by atoms with Gasteiger partial charge in [-0.3, -0.25) is 4.79 Å². The number of fused-ring (bicyclic) bond motifs is 12. The van der Waals surface area contributed by atoms with Crippen LogP contribution in [0.5, 0.6) is 0 Å². The standard InChI is InChI=1S/C17H21NO2/c1-6-7(2)9-3-8(6)13-10-4-11(14(9)13)16-15(10)12(5-18)20-17(16)19/h6-16H,3-4H2,1-2H3. The zero-order chi connectivity index (χ0) is 13.8. The summed E-state index contributed by atoms with van der Waals surface area (Å²) >= 11 is 0. The summed E-state index contributed by atoms with van der Waals surface area (Å²) in [5.41, 5.74) is 0. The first-order valence-corrected chi connectivity index (χ1v) is 8.23. The summed E-state index contributed by atoms with van der Waals surface area (Å²) in [7, 11) is 0. The van der Waals surface area contributed by atoms with Gasteiger partial charge in [0.15, 0.2) is 6.10 Å². The van der Waals surface area contributed by atoms with Crippen molar-refractivity contribution in [1.29, 1.82) is 5.26 Å². The summed E-state index contributed by atoms with van der Waals surface area (Å²) < 4.78 is 5.37. The highest BCUT2D eigenvalue weighted by Crippen LogP contribution is 2.74. The maximum Gasteiger partial charge on any atom is 0.311 e. The van der Waals surface area contributed by atoms with E-state index in [1.54, 1.807) is 0 Å². The van der Waals surface area contributed by atoms with Gasteiger partial charge < -0.3 is 4.74 Å². The number of rotatable bonds is 0. The molecule has 4 aliphatic carbocycles. The van der Waals surface area contributed by atoms with E-state index in [9.17, 15) is 10.1 Å². The van der Waals surface area contributed by atoms with Gasteiger partial charge in [-0.1, -0.05) is 13.8 Å². The van der Waals surface area contributed by atoms with Gasteiger partial charge >= 0.3 is 5.97 Å². The fourth-order valence-corrected chi connectivity index (χ4v) is 7.43. The number of nitrogens with zero attached hydrogens (tertiary/aromatic N) is 1. The molecule has 0 amide bonds. The molecule has 0 aromatic rings. The van der Waals surface area contributed by atoms with E-state index in [0.29, 0.717) is 11.8 Å². The van der Waals surface area contributed by atoms with Crippen LogP contribution in [0.25, 0.3) is 0 Å². The van der Waals surface area contributed by atoms with Crippen LogP contribution in [0.15, 0.2) is 0 Å². The normalized spacial score (nSPS) is 65.0. The Morgan fingerprint density at radius 2 is 1.60 bits per heavy atom. The number of esters is 1. The van der Waals surface area contributed by atoms with Gasteiger partial charge in [-0.2, -0.15) is 5.26 Å². The number of ether oxygens (including phenoxy) is 1. The van der Waals surface area contributed by atoms with E-state index in [1.807, 2.05) is 0 Å². The second kappa shape index (κ2) is 3.40. The molecule has 1 heterocycles. The first-order chi connectivity index (χ1) is 9.63. The highest BCUT2D eigenvalue weighted by molar-refractivity contribution is 5.77. The Balaban J connectivity index is 1.57. The van der Waals surface area contributed by atoms with Gasteiger partial charge in [0, 0.05) is 5.92 Å². The summed E-state index contributed by atoms with van der Waals surface area (Å²) in [4.78, 5) is 12.2. The van der Waals surface area contributed by atoms with Crippen LogP contribution in [0.2, 0.25) is 0 Å². The first-order valence-electron chi connectivity index (χ1n) is 8.23. The van der Waals surface area contributed by atoms with Crippen molar-refractivity contribution in [3.05, 3.63) is 0 Å². The number of hydrogen-bond donors (Lipinski definition) is 0. The Morgan fingerprint density at radius 1 is 1.00 bits per heavy atom. The van der Waals surface area contributed by atoms with Crippen molar-refractivity contribution in [1.82, 2.24) is 0 Å². The van der Waals surface area contributed by atoms with Crippen molar-refractivity contribution in [2.75, 3.05) is 0 Å². The maximum absolute atomic E-state index is 12.2. The van der Waals surface area contributed by atoms with Crippen LogP contribution in [0.4, 0.5) is 0 Å². The minimum Gasteiger partial charge on any atom is -0.446 e. The summed E-state index contributed by atoms with van der Waals surface area (Å²) in [6, 6.07) is 2.25. The fraction of sp³-hybridized carbons (Fsp3) is 0.882. The Kier molecular flexibility index (Phi) is 1.97. The van der Waals surface area contributed by atoms with Crippen LogP contribution in [-0.4, -0.2) is 12.1 Å². The molecule has 3 nitrogen and oxygen atoms in total. The summed E-state index contributed by atoms with van der Waals surface area (Å²) in [5, 5.41) is 9.30. The van der Waals surface area contributed by atoms with E-state index in [-0.39, 0.29) is 17.8 Å². The molecule has 1 aliphatic heterocycles. The van der Waals surface area contributed by atoms with Crippen molar-refractivity contribution >= 4 is 5.97 Å². The lowest BCUT2D eigenvalue weighted by Crippen LogP contribution is -2.43. The maximum atomic E-state index is 12.2. The van der Waals surface area contributed by atoms with Crippen LogP contribution in [-0.2, 0) is 9.53 Å². The smallest absolute Gasteiger partial charge is 0.311 e. The molecule has 5 aliphatic rings. The van der Waals surface area contributed by atoms with Gasteiger partial charge in [-0.15, -0.1) is 0 Å². The third kappa shape index (κ3) is 1.02. The van der Waals surface area contributed by atoms with Crippen molar-refractivity contribution in [2.24, 2.45) is 59.2 Å². The second-order valence-electron chi connectivity index (χ2n) is 8.09. The molecule has 0 aromatic carbocycles. The molecule has 20 heavy (non-hydrogen) atoms. The third-order valence-electron chi connectivity index (χ3n) is 8.05. The Bertz CT molecular complexity index is 538. The number of nitriles is 1. The molecule has 4 bridgehead atoms. The van der Waals surface area contributed by atoms with E-state index in [2.05, 4.69) is 19.9 Å². The molecule has 3 heteroatoms. The molecule has 106 valence electrons. The average molecular weight is 271 g/mol. The molecule has 0 radical (unpaired) electrons. The molecule has 0 aromatic heterocycles. The molecule has 4 saturated carbocycles. The molecule has 0 N–H and O–H groups in total. The minimum absolute atomic E-state index is 0.0593. The van der Waals surface area contributed by atoms with Gasteiger partial charge in [-0.25, -0.2) is 0 Å². The first kappa shape index (κ1) is 11.6. The zero-order valence-corrected chi connectivity index (χ0v) is 12.0. The summed E-state index contributed by atoms with van der Waals surface area (Å²) in [6.07, 6.45) is 2.14. The van der Waals surface area contributed by atoms with E-state index in [0.717, 1.165) is 35.5 Å². The molecule has 5 rings (SSSR count). The molecule has 1 saturated heterocycles. The monoisotopic (exact) mass is 271 g/mol. The van der Waals surface area contributed by atoms with Gasteiger partial charge in [0.1, 0.15) is 6.07 Å². The summed E-state index contributed by atoms with van der Waals surface area (Å²) in [5.74, 6) is 6.26. The second-order valence-corrected chi connectivity index (χ2v) is 8.09. The number of hydrogen-bond acceptors (Lipinski definition) is 3. The molecule has 5 fully saturated rings. The Hall–Kier alpha value is -1.04. The lowest BCUT2D eigenvalue weighted by molar-refractivity contribution is -0.144. The lowest BCUT2D eigenvalue weighted by Gasteiger charge is -2.44. The van der Waals surface area contributed by atoms with E-state index in [1.165, 1.54) is 12.8 Å². The topological polar surface area (TPSA) is 50.1 Å². The summed E-state index contributed by atoms with van der Waals surface area (Å²) in [6.45, 7) is 4.84. The third-order valence-corrected chi connectivity index (χ3v) is 8.05. The highest BCUT2D eigenvalue weighted by atomic mass is 16.6. The van der Waals surface area contributed by atoms with Crippen molar-refractivity contribution < 1.29 is 9.53 Å². The van der Waals surface area contributed by atoms with Crippen LogP contribution < -0.4 is 0 Å². The van der Waals surface area contributed by atoms with E-state index < -0.39 is 6.10 Å². The average Bonchev–Trinajstić information content (AvgIpc) is 3.16. The molecule has 0 spiro atoms. The van der Waals surface area contributed by atoms with Gasteiger partial charge in [0.2, 0.25) is 0 Å². The van der Waals surface area contributed by atoms with Crippen LogP contribution in [0.3, 0.4) is 0 Å². The minimum atomic E-state index is -0.449. The lowest BCUT2D eigenvalue weighted by atomic mass is 9.59. The Morgan fingerprint density at radius 3 is 2.25 bits per heavy atom. The number of carbonyl (C=O) groups excluding carboxylic acids is 1. The molecule has 11 atom stereocenters. The van der Waals surface area contributed by atoms with Crippen molar-refractivity contribution in [2.45, 2.75) is 32.8 Å². The SMILES string of the molecule is CC1C(C)C2CC1C1C3CC(C4C(C#N)OC(=O)C34)C21. The number of carbonyl (C=O) groups is 1. The quantitative estimate of drug-likeness (QED) is 0.502. The van der Waals surface area contributed by atoms with Crippen molar-refractivity contribution in [3.63, 3.8) is 0 Å². The van der Waals surface area contributed by atoms with Crippen LogP contribution in [0.1, 0.15) is 26.7 Å². The van der Waals surface area contributed by atoms with Gasteiger partial charge in [0.25, 0.3) is 0 Å². The van der Waals surface area contributed by atoms with Gasteiger partial charge in [0.05, 0.1) is 5.92 Å². The Labute approximate surface area is 119 Å².